The zero-order chi connectivity index (χ0) is 20.4. The monoisotopic (exact) mass is 389 g/mol. The Kier molecular flexibility index (Phi) is 5.18. The van der Waals surface area contributed by atoms with Crippen LogP contribution in [0.1, 0.15) is 24.2 Å². The summed E-state index contributed by atoms with van der Waals surface area (Å²) < 4.78 is 8.39. The third-order valence-electron chi connectivity index (χ3n) is 5.13. The van der Waals surface area contributed by atoms with Crippen LogP contribution in [0.15, 0.2) is 71.8 Å². The van der Waals surface area contributed by atoms with Crippen molar-refractivity contribution in [3.63, 3.8) is 0 Å². The summed E-state index contributed by atoms with van der Waals surface area (Å²) in [6, 6.07) is 17.2. The Hall–Kier alpha value is -3.38. The molecule has 2 aromatic carbocycles. The summed E-state index contributed by atoms with van der Waals surface area (Å²) in [5.74, 6) is 0.594. The second-order valence-corrected chi connectivity index (χ2v) is 6.92. The molecule has 2 aromatic heterocycles. The van der Waals surface area contributed by atoms with Crippen LogP contribution in [0.3, 0.4) is 0 Å². The molecule has 0 aliphatic carbocycles. The van der Waals surface area contributed by atoms with Crippen LogP contribution < -0.4 is 10.3 Å². The van der Waals surface area contributed by atoms with Gasteiger partial charge in [0.2, 0.25) is 0 Å². The Labute approximate surface area is 168 Å². The molecule has 1 unspecified atom stereocenters. The lowest BCUT2D eigenvalue weighted by atomic mass is 10.1. The molecule has 0 spiro atoms. The van der Waals surface area contributed by atoms with E-state index >= 15 is 0 Å². The smallest absolute Gasteiger partial charge is 0.276 e. The van der Waals surface area contributed by atoms with E-state index in [2.05, 4.69) is 24.2 Å². The van der Waals surface area contributed by atoms with Crippen molar-refractivity contribution in [1.82, 2.24) is 14.2 Å². The van der Waals surface area contributed by atoms with Crippen molar-refractivity contribution >= 4 is 5.52 Å². The van der Waals surface area contributed by atoms with E-state index in [1.54, 1.807) is 42.2 Å². The van der Waals surface area contributed by atoms with Gasteiger partial charge in [0.1, 0.15) is 17.4 Å². The molecule has 29 heavy (non-hydrogen) atoms. The Morgan fingerprint density at radius 3 is 2.59 bits per heavy atom. The lowest BCUT2D eigenvalue weighted by molar-refractivity contribution is 0.151. The highest BCUT2D eigenvalue weighted by atomic mass is 16.5. The highest BCUT2D eigenvalue weighted by Gasteiger charge is 2.16. The van der Waals surface area contributed by atoms with E-state index in [9.17, 15) is 9.90 Å². The van der Waals surface area contributed by atoms with Crippen molar-refractivity contribution in [1.29, 1.82) is 0 Å². The predicted octanol–water partition coefficient (Wildman–Crippen LogP) is 3.47. The van der Waals surface area contributed by atoms with Crippen LogP contribution >= 0.6 is 0 Å². The maximum absolute atomic E-state index is 13.0. The Morgan fingerprint density at radius 2 is 1.86 bits per heavy atom. The number of aliphatic hydroxyl groups is 1. The van der Waals surface area contributed by atoms with Crippen LogP contribution in [-0.4, -0.2) is 26.4 Å². The third-order valence-corrected chi connectivity index (χ3v) is 5.13. The van der Waals surface area contributed by atoms with Crippen molar-refractivity contribution in [3.05, 3.63) is 88.5 Å². The van der Waals surface area contributed by atoms with Crippen molar-refractivity contribution in [2.45, 2.75) is 26.0 Å². The van der Waals surface area contributed by atoms with Crippen LogP contribution in [0.25, 0.3) is 16.8 Å². The molecule has 0 aliphatic rings. The second-order valence-electron chi connectivity index (χ2n) is 6.92. The molecule has 2 heterocycles. The van der Waals surface area contributed by atoms with Crippen molar-refractivity contribution in [3.8, 4) is 17.0 Å². The van der Waals surface area contributed by atoms with Crippen LogP contribution in [-0.2, 0) is 13.0 Å². The molecule has 4 rings (SSSR count). The first-order valence-corrected chi connectivity index (χ1v) is 9.60. The number of hydrogen-bond donors (Lipinski definition) is 1. The van der Waals surface area contributed by atoms with Gasteiger partial charge in [0, 0.05) is 23.5 Å². The number of aromatic nitrogens is 3. The molecule has 0 bridgehead atoms. The number of rotatable bonds is 6. The first kappa shape index (κ1) is 19.0. The van der Waals surface area contributed by atoms with Gasteiger partial charge >= 0.3 is 0 Å². The largest absolute Gasteiger partial charge is 0.496 e. The van der Waals surface area contributed by atoms with E-state index < -0.39 is 6.10 Å². The summed E-state index contributed by atoms with van der Waals surface area (Å²) in [4.78, 5) is 13.0. The molecule has 0 amide bonds. The maximum atomic E-state index is 13.0. The van der Waals surface area contributed by atoms with Gasteiger partial charge in [0.05, 0.1) is 19.3 Å². The van der Waals surface area contributed by atoms with E-state index in [0.717, 1.165) is 17.7 Å². The van der Waals surface area contributed by atoms with E-state index in [1.807, 2.05) is 24.3 Å². The number of ether oxygens (including phenoxy) is 1. The van der Waals surface area contributed by atoms with E-state index in [-0.39, 0.29) is 12.1 Å². The number of methoxy groups -OCH3 is 1. The molecule has 0 saturated heterocycles. The Bertz CT molecular complexity index is 1190. The zero-order valence-corrected chi connectivity index (χ0v) is 16.4. The molecule has 4 aromatic rings. The molecule has 1 atom stereocenters. The zero-order valence-electron chi connectivity index (χ0n) is 16.4. The molecule has 0 radical (unpaired) electrons. The number of aryl methyl sites for hydroxylation is 1. The molecular formula is C23H23N3O3. The van der Waals surface area contributed by atoms with Crippen molar-refractivity contribution < 1.29 is 9.84 Å². The number of para-hydroxylation sites is 1. The fraction of sp³-hybridized carbons (Fsp3) is 0.217. The molecule has 0 saturated carbocycles. The topological polar surface area (TPSA) is 68.8 Å². The molecule has 1 N–H and O–H groups in total. The van der Waals surface area contributed by atoms with E-state index in [4.69, 9.17) is 4.74 Å². The molecule has 6 heteroatoms. The van der Waals surface area contributed by atoms with Crippen molar-refractivity contribution in [2.24, 2.45) is 0 Å². The van der Waals surface area contributed by atoms with Gasteiger partial charge in [0.15, 0.2) is 0 Å². The predicted molar refractivity (Wildman–Crippen MR) is 112 cm³/mol. The van der Waals surface area contributed by atoms with Crippen molar-refractivity contribution in [2.75, 3.05) is 7.11 Å². The summed E-state index contributed by atoms with van der Waals surface area (Å²) in [7, 11) is 1.56. The minimum atomic E-state index is -0.865. The second kappa shape index (κ2) is 7.93. The highest BCUT2D eigenvalue weighted by Crippen LogP contribution is 2.25. The summed E-state index contributed by atoms with van der Waals surface area (Å²) in [6.07, 6.45) is 3.49. The summed E-state index contributed by atoms with van der Waals surface area (Å²) in [5.41, 5.74) is 3.87. The average Bonchev–Trinajstić information content (AvgIpc) is 3.21. The number of aliphatic hydroxyl groups excluding tert-OH is 1. The Balaban J connectivity index is 1.66. The van der Waals surface area contributed by atoms with Crippen LogP contribution in [0.5, 0.6) is 5.75 Å². The number of fused-ring (bicyclic) bond motifs is 1. The lowest BCUT2D eigenvalue weighted by Crippen LogP contribution is -2.24. The summed E-state index contributed by atoms with van der Waals surface area (Å²) >= 11 is 0. The van der Waals surface area contributed by atoms with Gasteiger partial charge in [-0.05, 0) is 24.1 Å². The van der Waals surface area contributed by atoms with Gasteiger partial charge < -0.3 is 14.4 Å². The van der Waals surface area contributed by atoms with E-state index in [0.29, 0.717) is 16.8 Å². The van der Waals surface area contributed by atoms with Gasteiger partial charge in [-0.1, -0.05) is 49.4 Å². The first-order valence-electron chi connectivity index (χ1n) is 9.60. The van der Waals surface area contributed by atoms with Gasteiger partial charge in [-0.15, -0.1) is 0 Å². The molecule has 0 aliphatic heterocycles. The molecule has 148 valence electrons. The van der Waals surface area contributed by atoms with E-state index in [1.165, 1.54) is 10.1 Å². The third kappa shape index (κ3) is 3.67. The highest BCUT2D eigenvalue weighted by molar-refractivity contribution is 5.65. The van der Waals surface area contributed by atoms with Crippen LogP contribution in [0, 0.1) is 0 Å². The van der Waals surface area contributed by atoms with Gasteiger partial charge in [0.25, 0.3) is 5.56 Å². The van der Waals surface area contributed by atoms with Gasteiger partial charge in [-0.3, -0.25) is 4.79 Å². The standard InChI is InChI=1S/C23H23N3O3/c1-3-16-8-10-17(11-9-16)19-14-20-23(28)25(12-13-26(20)24-19)15-21(27)18-6-4-5-7-22(18)29-2/h4-14,21,27H,3,15H2,1-2H3. The first-order chi connectivity index (χ1) is 14.1. The Morgan fingerprint density at radius 1 is 1.10 bits per heavy atom. The SMILES string of the molecule is CCc1ccc(-c2cc3c(=O)n(CC(O)c4ccccc4OC)ccn3n2)cc1. The number of nitrogens with zero attached hydrogens (tertiary/aromatic N) is 3. The van der Waals surface area contributed by atoms with Gasteiger partial charge in [-0.25, -0.2) is 4.52 Å². The molecule has 0 fully saturated rings. The fourth-order valence-corrected chi connectivity index (χ4v) is 3.45. The quantitative estimate of drug-likeness (QED) is 0.548. The average molecular weight is 389 g/mol. The lowest BCUT2D eigenvalue weighted by Gasteiger charge is -2.16. The maximum Gasteiger partial charge on any atom is 0.276 e. The minimum Gasteiger partial charge on any atom is -0.496 e. The molecule has 6 nitrogen and oxygen atoms in total. The molecular weight excluding hydrogens is 366 g/mol. The number of hydrogen-bond acceptors (Lipinski definition) is 4. The van der Waals surface area contributed by atoms with Crippen LogP contribution in [0.4, 0.5) is 0 Å². The fourth-order valence-electron chi connectivity index (χ4n) is 3.45. The summed E-state index contributed by atoms with van der Waals surface area (Å²) in [6.45, 7) is 2.24. The minimum absolute atomic E-state index is 0.126. The van der Waals surface area contributed by atoms with Crippen LogP contribution in [0.2, 0.25) is 0 Å². The van der Waals surface area contributed by atoms with Gasteiger partial charge in [-0.2, -0.15) is 5.10 Å². The number of benzene rings is 2. The normalized spacial score (nSPS) is 12.2. The summed E-state index contributed by atoms with van der Waals surface area (Å²) in [5, 5.41) is 15.2.